The van der Waals surface area contributed by atoms with Crippen LogP contribution < -0.4 is 0 Å². The highest BCUT2D eigenvalue weighted by atomic mass is 19.1. The van der Waals surface area contributed by atoms with Crippen LogP contribution in [0, 0.1) is 17.6 Å². The first-order valence-corrected chi connectivity index (χ1v) is 5.96. The van der Waals surface area contributed by atoms with E-state index in [2.05, 4.69) is 10.1 Å². The summed E-state index contributed by atoms with van der Waals surface area (Å²) in [6.45, 7) is 3.96. The third-order valence-corrected chi connectivity index (χ3v) is 3.24. The van der Waals surface area contributed by atoms with Crippen LogP contribution in [-0.2, 0) is 6.54 Å². The van der Waals surface area contributed by atoms with Gasteiger partial charge in [0.2, 0.25) is 0 Å². The molecule has 1 fully saturated rings. The number of nitrogens with zero attached hydrogens (tertiary/aromatic N) is 2. The van der Waals surface area contributed by atoms with E-state index in [1.165, 1.54) is 12.1 Å². The lowest BCUT2D eigenvalue weighted by atomic mass is 9.97. The van der Waals surface area contributed by atoms with Gasteiger partial charge in [-0.05, 0) is 17.7 Å². The lowest BCUT2D eigenvalue weighted by Gasteiger charge is -2.31. The minimum atomic E-state index is -0.548. The van der Waals surface area contributed by atoms with Crippen LogP contribution in [0.1, 0.15) is 18.9 Å². The summed E-state index contributed by atoms with van der Waals surface area (Å²) in [5.41, 5.74) is 1.42. The Morgan fingerprint density at radius 1 is 1.33 bits per heavy atom. The topological polar surface area (TPSA) is 35.8 Å². The quantitative estimate of drug-likeness (QED) is 0.650. The fourth-order valence-electron chi connectivity index (χ4n) is 2.36. The number of hydrogen-bond acceptors (Lipinski definition) is 3. The number of likely N-dealkylation sites (tertiary alicyclic amines) is 1. The summed E-state index contributed by atoms with van der Waals surface area (Å²) >= 11 is 0. The van der Waals surface area contributed by atoms with E-state index in [0.29, 0.717) is 18.5 Å². The molecule has 0 bridgehead atoms. The van der Waals surface area contributed by atoms with Gasteiger partial charge in [-0.25, -0.2) is 8.78 Å². The SMILES string of the molecule is CC1CN(Cc2cc(F)cc(F)c2)CC/C1=N\O. The molecule has 1 N–H and O–H groups in total. The van der Waals surface area contributed by atoms with Gasteiger partial charge in [0.05, 0.1) is 5.71 Å². The van der Waals surface area contributed by atoms with Crippen molar-refractivity contribution in [1.82, 2.24) is 4.90 Å². The van der Waals surface area contributed by atoms with E-state index in [1.54, 1.807) is 0 Å². The first-order chi connectivity index (χ1) is 8.58. The Kier molecular flexibility index (Phi) is 3.91. The second-order valence-electron chi connectivity index (χ2n) is 4.76. The molecule has 0 saturated carbocycles. The highest BCUT2D eigenvalue weighted by Crippen LogP contribution is 2.17. The molecule has 3 nitrogen and oxygen atoms in total. The number of halogens is 2. The van der Waals surface area contributed by atoms with Crippen LogP contribution in [0.25, 0.3) is 0 Å². The molecule has 0 aliphatic carbocycles. The average Bonchev–Trinajstić information content (AvgIpc) is 2.27. The number of oxime groups is 1. The van der Waals surface area contributed by atoms with Gasteiger partial charge in [-0.15, -0.1) is 0 Å². The zero-order valence-electron chi connectivity index (χ0n) is 10.2. The van der Waals surface area contributed by atoms with Gasteiger partial charge in [-0.3, -0.25) is 4.90 Å². The molecule has 1 aliphatic rings. The van der Waals surface area contributed by atoms with Crippen LogP contribution in [0.15, 0.2) is 23.4 Å². The summed E-state index contributed by atoms with van der Waals surface area (Å²) in [6, 6.07) is 3.58. The predicted octanol–water partition coefficient (Wildman–Crippen LogP) is 2.64. The lowest BCUT2D eigenvalue weighted by molar-refractivity contribution is 0.228. The largest absolute Gasteiger partial charge is 0.411 e. The molecular formula is C13H16F2N2O. The molecule has 0 radical (unpaired) electrons. The average molecular weight is 254 g/mol. The summed E-state index contributed by atoms with van der Waals surface area (Å²) < 4.78 is 26.1. The normalized spacial score (nSPS) is 23.5. The summed E-state index contributed by atoms with van der Waals surface area (Å²) in [6.07, 6.45) is 0.690. The van der Waals surface area contributed by atoms with Crippen LogP contribution in [0.2, 0.25) is 0 Å². The molecule has 0 amide bonds. The molecule has 1 saturated heterocycles. The fraction of sp³-hybridized carbons (Fsp3) is 0.462. The Hall–Kier alpha value is -1.49. The molecular weight excluding hydrogens is 238 g/mol. The second kappa shape index (κ2) is 5.44. The van der Waals surface area contributed by atoms with Gasteiger partial charge < -0.3 is 5.21 Å². The molecule has 98 valence electrons. The van der Waals surface area contributed by atoms with Crippen molar-refractivity contribution < 1.29 is 14.0 Å². The lowest BCUT2D eigenvalue weighted by Crippen LogP contribution is -2.39. The summed E-state index contributed by atoms with van der Waals surface area (Å²) in [7, 11) is 0. The van der Waals surface area contributed by atoms with E-state index in [1.807, 2.05) is 6.92 Å². The van der Waals surface area contributed by atoms with Crippen LogP contribution >= 0.6 is 0 Å². The van der Waals surface area contributed by atoms with Crippen molar-refractivity contribution in [2.45, 2.75) is 19.9 Å². The number of piperidine rings is 1. The van der Waals surface area contributed by atoms with Crippen LogP contribution in [0.4, 0.5) is 8.78 Å². The Bertz CT molecular complexity index is 442. The molecule has 0 spiro atoms. The highest BCUT2D eigenvalue weighted by Gasteiger charge is 2.22. The highest BCUT2D eigenvalue weighted by molar-refractivity contribution is 5.86. The number of benzene rings is 1. The van der Waals surface area contributed by atoms with Gasteiger partial charge in [0.25, 0.3) is 0 Å². The monoisotopic (exact) mass is 254 g/mol. The molecule has 2 rings (SSSR count). The molecule has 18 heavy (non-hydrogen) atoms. The number of rotatable bonds is 2. The maximum absolute atomic E-state index is 13.1. The molecule has 5 heteroatoms. The zero-order valence-corrected chi connectivity index (χ0v) is 10.2. The molecule has 1 aliphatic heterocycles. The van der Waals surface area contributed by atoms with Gasteiger partial charge in [0.1, 0.15) is 11.6 Å². The Balaban J connectivity index is 2.02. The van der Waals surface area contributed by atoms with Crippen molar-refractivity contribution in [1.29, 1.82) is 0 Å². The van der Waals surface area contributed by atoms with Gasteiger partial charge in [0.15, 0.2) is 0 Å². The van der Waals surface area contributed by atoms with E-state index < -0.39 is 11.6 Å². The fourth-order valence-corrected chi connectivity index (χ4v) is 2.36. The minimum absolute atomic E-state index is 0.169. The first kappa shape index (κ1) is 13.0. The van der Waals surface area contributed by atoms with Gasteiger partial charge >= 0.3 is 0 Å². The van der Waals surface area contributed by atoms with Crippen molar-refractivity contribution in [3.05, 3.63) is 35.4 Å². The van der Waals surface area contributed by atoms with Crippen LogP contribution in [-0.4, -0.2) is 28.9 Å². The Labute approximate surface area is 105 Å². The van der Waals surface area contributed by atoms with Crippen molar-refractivity contribution in [3.63, 3.8) is 0 Å². The van der Waals surface area contributed by atoms with Gasteiger partial charge in [-0.2, -0.15) is 0 Å². The summed E-state index contributed by atoms with van der Waals surface area (Å²) in [4.78, 5) is 2.10. The molecule has 1 aromatic rings. The Morgan fingerprint density at radius 3 is 2.56 bits per heavy atom. The molecule has 1 heterocycles. The zero-order chi connectivity index (χ0) is 13.1. The van der Waals surface area contributed by atoms with Gasteiger partial charge in [0, 0.05) is 38.0 Å². The molecule has 1 aromatic carbocycles. The van der Waals surface area contributed by atoms with Crippen LogP contribution in [0.3, 0.4) is 0 Å². The maximum Gasteiger partial charge on any atom is 0.126 e. The minimum Gasteiger partial charge on any atom is -0.411 e. The smallest absolute Gasteiger partial charge is 0.126 e. The third kappa shape index (κ3) is 3.04. The van der Waals surface area contributed by atoms with E-state index in [9.17, 15) is 8.78 Å². The standard InChI is InChI=1S/C13H16F2N2O/c1-9-7-17(3-2-13(9)16-18)8-10-4-11(14)6-12(15)5-10/h4-6,9,18H,2-3,7-8H2,1H3/b16-13+. The summed E-state index contributed by atoms with van der Waals surface area (Å²) in [5, 5.41) is 12.0. The second-order valence-corrected chi connectivity index (χ2v) is 4.76. The molecule has 1 unspecified atom stereocenters. The van der Waals surface area contributed by atoms with E-state index in [-0.39, 0.29) is 5.92 Å². The Morgan fingerprint density at radius 2 is 2.00 bits per heavy atom. The molecule has 1 atom stereocenters. The van der Waals surface area contributed by atoms with Crippen molar-refractivity contribution >= 4 is 5.71 Å². The van der Waals surface area contributed by atoms with E-state index in [0.717, 1.165) is 24.9 Å². The van der Waals surface area contributed by atoms with Crippen molar-refractivity contribution in [2.75, 3.05) is 13.1 Å². The van der Waals surface area contributed by atoms with E-state index >= 15 is 0 Å². The van der Waals surface area contributed by atoms with Crippen molar-refractivity contribution in [2.24, 2.45) is 11.1 Å². The maximum atomic E-state index is 13.1. The number of hydrogen-bond donors (Lipinski definition) is 1. The van der Waals surface area contributed by atoms with Crippen LogP contribution in [0.5, 0.6) is 0 Å². The summed E-state index contributed by atoms with van der Waals surface area (Å²) in [5.74, 6) is -0.928. The molecule has 0 aromatic heterocycles. The third-order valence-electron chi connectivity index (χ3n) is 3.24. The van der Waals surface area contributed by atoms with E-state index in [4.69, 9.17) is 5.21 Å². The van der Waals surface area contributed by atoms with Gasteiger partial charge in [-0.1, -0.05) is 12.1 Å². The predicted molar refractivity (Wildman–Crippen MR) is 64.6 cm³/mol. The van der Waals surface area contributed by atoms with Crippen molar-refractivity contribution in [3.8, 4) is 0 Å². The first-order valence-electron chi connectivity index (χ1n) is 5.96.